The number of carbonyl (C=O) groups is 1. The Balaban J connectivity index is 3.49. The van der Waals surface area contributed by atoms with E-state index in [1.165, 1.54) is 18.9 Å². The molecule has 2 nitrogen and oxygen atoms in total. The van der Waals surface area contributed by atoms with Crippen LogP contribution >= 0.6 is 0 Å². The third kappa shape index (κ3) is 9.51. The first-order valence-electron chi connectivity index (χ1n) is 5.85. The molecule has 0 N–H and O–H groups in total. The Morgan fingerprint density at radius 3 is 2.53 bits per heavy atom. The predicted molar refractivity (Wildman–Crippen MR) is 63.7 cm³/mol. The fourth-order valence-electron chi connectivity index (χ4n) is 1.31. The van der Waals surface area contributed by atoms with Crippen molar-refractivity contribution in [2.75, 3.05) is 6.61 Å². The Morgan fingerprint density at radius 2 is 2.00 bits per heavy atom. The first-order valence-corrected chi connectivity index (χ1v) is 5.85. The van der Waals surface area contributed by atoms with Crippen LogP contribution in [-0.2, 0) is 9.53 Å². The largest absolute Gasteiger partial charge is 0.466 e. The highest BCUT2D eigenvalue weighted by Crippen LogP contribution is 2.12. The molecule has 0 rings (SSSR count). The summed E-state index contributed by atoms with van der Waals surface area (Å²) in [4.78, 5) is 10.5. The van der Waals surface area contributed by atoms with E-state index in [2.05, 4.69) is 26.8 Å². The number of hydrogen-bond acceptors (Lipinski definition) is 2. The lowest BCUT2D eigenvalue weighted by Crippen LogP contribution is -2.05. The van der Waals surface area contributed by atoms with Crippen LogP contribution in [-0.4, -0.2) is 12.6 Å². The molecular weight excluding hydrogens is 188 g/mol. The van der Waals surface area contributed by atoms with E-state index in [1.54, 1.807) is 0 Å². The van der Waals surface area contributed by atoms with Crippen molar-refractivity contribution in [1.29, 1.82) is 0 Å². The van der Waals surface area contributed by atoms with Crippen LogP contribution in [0.2, 0.25) is 0 Å². The summed E-state index contributed by atoms with van der Waals surface area (Å²) in [7, 11) is 0. The number of carbonyl (C=O) groups excluding carboxylic acids is 1. The summed E-state index contributed by atoms with van der Waals surface area (Å²) in [6.07, 6.45) is 6.74. The lowest BCUT2D eigenvalue weighted by Gasteiger charge is -2.09. The number of rotatable bonds is 7. The average Bonchev–Trinajstić information content (AvgIpc) is 2.17. The van der Waals surface area contributed by atoms with Gasteiger partial charge in [0.25, 0.3) is 0 Å². The molecule has 15 heavy (non-hydrogen) atoms. The molecule has 0 aromatic heterocycles. The summed E-state index contributed by atoms with van der Waals surface area (Å²) in [5.41, 5.74) is 1.46. The molecule has 88 valence electrons. The number of allylic oxidation sites excluding steroid dienone is 2. The van der Waals surface area contributed by atoms with Gasteiger partial charge in [-0.2, -0.15) is 0 Å². The number of hydrogen-bond donors (Lipinski definition) is 0. The molecule has 0 bridgehead atoms. The van der Waals surface area contributed by atoms with E-state index in [4.69, 9.17) is 4.74 Å². The molecule has 1 unspecified atom stereocenters. The SMILES string of the molecule is CCC(C)=CCCC(C)CCOC(C)=O. The molecule has 0 saturated heterocycles. The van der Waals surface area contributed by atoms with Crippen LogP contribution in [0.25, 0.3) is 0 Å². The normalized spacial score (nSPS) is 13.7. The quantitative estimate of drug-likeness (QED) is 0.475. The van der Waals surface area contributed by atoms with Crippen LogP contribution in [0.1, 0.15) is 53.4 Å². The summed E-state index contributed by atoms with van der Waals surface area (Å²) >= 11 is 0. The molecule has 0 spiro atoms. The van der Waals surface area contributed by atoms with Crippen molar-refractivity contribution in [1.82, 2.24) is 0 Å². The monoisotopic (exact) mass is 212 g/mol. The van der Waals surface area contributed by atoms with Crippen molar-refractivity contribution >= 4 is 5.97 Å². The minimum absolute atomic E-state index is 0.177. The second-order valence-electron chi connectivity index (χ2n) is 4.22. The van der Waals surface area contributed by atoms with Crippen LogP contribution in [0, 0.1) is 5.92 Å². The highest BCUT2D eigenvalue weighted by Gasteiger charge is 2.02. The van der Waals surface area contributed by atoms with E-state index in [9.17, 15) is 4.79 Å². The maximum Gasteiger partial charge on any atom is 0.302 e. The molecule has 0 aromatic carbocycles. The topological polar surface area (TPSA) is 26.3 Å². The number of ether oxygens (including phenoxy) is 1. The van der Waals surface area contributed by atoms with Crippen molar-refractivity contribution in [2.45, 2.75) is 53.4 Å². The van der Waals surface area contributed by atoms with E-state index < -0.39 is 0 Å². The van der Waals surface area contributed by atoms with Crippen molar-refractivity contribution < 1.29 is 9.53 Å². The third-order valence-corrected chi connectivity index (χ3v) is 2.63. The van der Waals surface area contributed by atoms with Gasteiger partial charge in [-0.15, -0.1) is 0 Å². The molecule has 0 aromatic rings. The first-order chi connectivity index (χ1) is 7.06. The van der Waals surface area contributed by atoms with E-state index in [1.807, 2.05) is 0 Å². The Morgan fingerprint density at radius 1 is 1.33 bits per heavy atom. The molecular formula is C13H24O2. The molecule has 1 atom stereocenters. The number of esters is 1. The second kappa shape index (κ2) is 8.51. The molecule has 0 radical (unpaired) electrons. The van der Waals surface area contributed by atoms with Crippen LogP contribution in [0.4, 0.5) is 0 Å². The van der Waals surface area contributed by atoms with Gasteiger partial charge in [-0.25, -0.2) is 0 Å². The molecule has 0 saturated carbocycles. The van der Waals surface area contributed by atoms with Crippen LogP contribution in [0.3, 0.4) is 0 Å². The summed E-state index contributed by atoms with van der Waals surface area (Å²) < 4.78 is 4.91. The summed E-state index contributed by atoms with van der Waals surface area (Å²) in [6.45, 7) is 8.57. The van der Waals surface area contributed by atoms with Crippen molar-refractivity contribution in [3.63, 3.8) is 0 Å². The molecule has 0 aliphatic rings. The van der Waals surface area contributed by atoms with Gasteiger partial charge in [0.15, 0.2) is 0 Å². The lowest BCUT2D eigenvalue weighted by atomic mass is 10.0. The molecule has 0 aliphatic heterocycles. The molecule has 0 fully saturated rings. The van der Waals surface area contributed by atoms with E-state index >= 15 is 0 Å². The highest BCUT2D eigenvalue weighted by atomic mass is 16.5. The summed E-state index contributed by atoms with van der Waals surface area (Å²) in [5.74, 6) is 0.453. The van der Waals surface area contributed by atoms with E-state index in [0.717, 1.165) is 19.3 Å². The van der Waals surface area contributed by atoms with Crippen molar-refractivity contribution in [3.8, 4) is 0 Å². The Hall–Kier alpha value is -0.790. The second-order valence-corrected chi connectivity index (χ2v) is 4.22. The Kier molecular flexibility index (Phi) is 8.06. The van der Waals surface area contributed by atoms with Crippen molar-refractivity contribution in [2.24, 2.45) is 5.92 Å². The van der Waals surface area contributed by atoms with Gasteiger partial charge < -0.3 is 4.74 Å². The molecule has 2 heteroatoms. The maximum atomic E-state index is 10.5. The molecule has 0 heterocycles. The minimum atomic E-state index is -0.177. The van der Waals surface area contributed by atoms with E-state index in [0.29, 0.717) is 12.5 Å². The average molecular weight is 212 g/mol. The van der Waals surface area contributed by atoms with Gasteiger partial charge in [-0.05, 0) is 38.5 Å². The van der Waals surface area contributed by atoms with Gasteiger partial charge in [-0.3, -0.25) is 4.79 Å². The molecule has 0 amide bonds. The van der Waals surface area contributed by atoms with Gasteiger partial charge in [-0.1, -0.05) is 25.5 Å². The Bertz CT molecular complexity index is 207. The van der Waals surface area contributed by atoms with Crippen LogP contribution < -0.4 is 0 Å². The van der Waals surface area contributed by atoms with Gasteiger partial charge in [0.2, 0.25) is 0 Å². The zero-order valence-corrected chi connectivity index (χ0v) is 10.5. The standard InChI is InChI=1S/C13H24O2/c1-5-11(2)7-6-8-12(3)9-10-15-13(4)14/h7,12H,5-6,8-10H2,1-4H3. The van der Waals surface area contributed by atoms with Gasteiger partial charge in [0.1, 0.15) is 0 Å². The van der Waals surface area contributed by atoms with Gasteiger partial charge >= 0.3 is 5.97 Å². The van der Waals surface area contributed by atoms with Gasteiger partial charge in [0, 0.05) is 6.92 Å². The van der Waals surface area contributed by atoms with E-state index in [-0.39, 0.29) is 5.97 Å². The van der Waals surface area contributed by atoms with Gasteiger partial charge in [0.05, 0.1) is 6.61 Å². The minimum Gasteiger partial charge on any atom is -0.466 e. The maximum absolute atomic E-state index is 10.5. The fourth-order valence-corrected chi connectivity index (χ4v) is 1.31. The Labute approximate surface area is 93.7 Å². The third-order valence-electron chi connectivity index (χ3n) is 2.63. The zero-order chi connectivity index (χ0) is 11.7. The zero-order valence-electron chi connectivity index (χ0n) is 10.5. The smallest absolute Gasteiger partial charge is 0.302 e. The fraction of sp³-hybridized carbons (Fsp3) is 0.769. The predicted octanol–water partition coefficient (Wildman–Crippen LogP) is 3.71. The first kappa shape index (κ1) is 14.2. The van der Waals surface area contributed by atoms with Crippen molar-refractivity contribution in [3.05, 3.63) is 11.6 Å². The van der Waals surface area contributed by atoms with Crippen LogP contribution in [0.15, 0.2) is 11.6 Å². The summed E-state index contributed by atoms with van der Waals surface area (Å²) in [5, 5.41) is 0. The van der Waals surface area contributed by atoms with Crippen LogP contribution in [0.5, 0.6) is 0 Å². The highest BCUT2D eigenvalue weighted by molar-refractivity contribution is 5.65. The lowest BCUT2D eigenvalue weighted by molar-refractivity contribution is -0.141. The summed E-state index contributed by atoms with van der Waals surface area (Å²) in [6, 6.07) is 0. The molecule has 0 aliphatic carbocycles.